The van der Waals surface area contributed by atoms with E-state index in [1.165, 1.54) is 0 Å². The van der Waals surface area contributed by atoms with Crippen molar-refractivity contribution in [2.24, 2.45) is 5.73 Å². The average Bonchev–Trinajstić information content (AvgIpc) is 2.40. The first kappa shape index (κ1) is 16.3. The Bertz CT molecular complexity index is 564. The lowest BCUT2D eigenvalue weighted by molar-refractivity contribution is 0.410. The molecule has 4 N–H and O–H groups in total. The number of rotatable bonds is 5. The van der Waals surface area contributed by atoms with Gasteiger partial charge in [-0.05, 0) is 51.7 Å². The van der Waals surface area contributed by atoms with E-state index in [1.807, 2.05) is 26.0 Å². The van der Waals surface area contributed by atoms with E-state index in [-0.39, 0.29) is 12.1 Å². The van der Waals surface area contributed by atoms with Crippen LogP contribution in [0.2, 0.25) is 0 Å². The molecule has 1 aliphatic rings. The summed E-state index contributed by atoms with van der Waals surface area (Å²) in [5.41, 5.74) is 6.58. The van der Waals surface area contributed by atoms with Gasteiger partial charge in [-0.15, -0.1) is 0 Å². The molecule has 21 heavy (non-hydrogen) atoms. The molecule has 0 bridgehead atoms. The number of hydrogen-bond acceptors (Lipinski definition) is 4. The minimum Gasteiger partial charge on any atom is -0.381 e. The van der Waals surface area contributed by atoms with Crippen LogP contribution in [0.25, 0.3) is 0 Å². The molecule has 0 spiro atoms. The van der Waals surface area contributed by atoms with E-state index >= 15 is 0 Å². The average molecular weight is 311 g/mol. The van der Waals surface area contributed by atoms with Crippen molar-refractivity contribution < 1.29 is 8.42 Å². The van der Waals surface area contributed by atoms with Crippen molar-refractivity contribution in [3.8, 4) is 0 Å². The normalized spacial score (nSPS) is 23.2. The van der Waals surface area contributed by atoms with Gasteiger partial charge in [0.15, 0.2) is 0 Å². The first-order valence-electron chi connectivity index (χ1n) is 7.52. The monoisotopic (exact) mass is 311 g/mol. The Balaban J connectivity index is 2.17. The van der Waals surface area contributed by atoms with Crippen LogP contribution in [0.5, 0.6) is 0 Å². The van der Waals surface area contributed by atoms with E-state index < -0.39 is 10.0 Å². The Morgan fingerprint density at radius 1 is 1.14 bits per heavy atom. The summed E-state index contributed by atoms with van der Waals surface area (Å²) in [4.78, 5) is 0.313. The van der Waals surface area contributed by atoms with Crippen molar-refractivity contribution in [3.05, 3.63) is 24.3 Å². The van der Waals surface area contributed by atoms with Crippen LogP contribution in [-0.4, -0.2) is 26.5 Å². The van der Waals surface area contributed by atoms with Crippen LogP contribution in [0.4, 0.5) is 5.69 Å². The topological polar surface area (TPSA) is 84.2 Å². The smallest absolute Gasteiger partial charge is 0.242 e. The summed E-state index contributed by atoms with van der Waals surface area (Å²) >= 11 is 0. The van der Waals surface area contributed by atoms with E-state index in [9.17, 15) is 8.42 Å². The fourth-order valence-corrected chi connectivity index (χ4v) is 4.10. The number of sulfonamides is 1. The third kappa shape index (κ3) is 4.43. The lowest BCUT2D eigenvalue weighted by Crippen LogP contribution is -2.34. The zero-order chi connectivity index (χ0) is 15.5. The molecule has 0 amide bonds. The van der Waals surface area contributed by atoms with E-state index in [0.717, 1.165) is 25.7 Å². The quantitative estimate of drug-likeness (QED) is 0.777. The zero-order valence-corrected chi connectivity index (χ0v) is 13.5. The van der Waals surface area contributed by atoms with Gasteiger partial charge in [-0.1, -0.05) is 12.1 Å². The number of nitrogens with two attached hydrogens (primary N) is 1. The van der Waals surface area contributed by atoms with E-state index in [1.54, 1.807) is 12.1 Å². The lowest BCUT2D eigenvalue weighted by atomic mass is 9.92. The van der Waals surface area contributed by atoms with Crippen molar-refractivity contribution >= 4 is 15.7 Å². The van der Waals surface area contributed by atoms with Crippen molar-refractivity contribution in [1.29, 1.82) is 0 Å². The number of para-hydroxylation sites is 1. The van der Waals surface area contributed by atoms with Gasteiger partial charge in [0.05, 0.1) is 5.69 Å². The van der Waals surface area contributed by atoms with E-state index in [4.69, 9.17) is 5.73 Å². The van der Waals surface area contributed by atoms with Crippen molar-refractivity contribution in [1.82, 2.24) is 4.72 Å². The maximum Gasteiger partial charge on any atom is 0.242 e. The molecule has 5 nitrogen and oxygen atoms in total. The van der Waals surface area contributed by atoms with Crippen LogP contribution in [0.3, 0.4) is 0 Å². The predicted molar refractivity (Wildman–Crippen MR) is 85.8 cm³/mol. The molecular formula is C15H25N3O2S. The lowest BCUT2D eigenvalue weighted by Gasteiger charge is -2.28. The van der Waals surface area contributed by atoms with Crippen LogP contribution in [-0.2, 0) is 10.0 Å². The van der Waals surface area contributed by atoms with Crippen molar-refractivity contribution in [3.63, 3.8) is 0 Å². The molecule has 0 saturated heterocycles. The third-order valence-corrected chi connectivity index (χ3v) is 5.42. The molecule has 0 atom stereocenters. The standard InChI is InChI=1S/C15H25N3O2S/c1-11(2)18-21(19,20)15-6-4-3-5-14(15)17-13-9-7-12(16)8-10-13/h3-6,11-13,17-18H,7-10,16H2,1-2H3. The van der Waals surface area contributed by atoms with Gasteiger partial charge in [0, 0.05) is 18.1 Å². The van der Waals surface area contributed by atoms with Gasteiger partial charge in [-0.25, -0.2) is 13.1 Å². The molecule has 0 aromatic heterocycles. The highest BCUT2D eigenvalue weighted by atomic mass is 32.2. The predicted octanol–water partition coefficient (Wildman–Crippen LogP) is 2.06. The Kier molecular flexibility index (Phi) is 5.24. The molecule has 6 heteroatoms. The second kappa shape index (κ2) is 6.77. The molecule has 1 saturated carbocycles. The van der Waals surface area contributed by atoms with Gasteiger partial charge < -0.3 is 11.1 Å². The van der Waals surface area contributed by atoms with E-state index in [2.05, 4.69) is 10.0 Å². The Morgan fingerprint density at radius 2 is 1.76 bits per heavy atom. The molecule has 1 fully saturated rings. The minimum atomic E-state index is -3.49. The summed E-state index contributed by atoms with van der Waals surface area (Å²) in [7, 11) is -3.49. The van der Waals surface area contributed by atoms with Gasteiger partial charge in [-0.3, -0.25) is 0 Å². The van der Waals surface area contributed by atoms with Crippen LogP contribution in [0.1, 0.15) is 39.5 Å². The zero-order valence-electron chi connectivity index (χ0n) is 12.7. The number of anilines is 1. The summed E-state index contributed by atoms with van der Waals surface area (Å²) in [5.74, 6) is 0. The first-order chi connectivity index (χ1) is 9.88. The molecule has 0 heterocycles. The molecule has 0 unspecified atom stereocenters. The van der Waals surface area contributed by atoms with Crippen LogP contribution in [0.15, 0.2) is 29.2 Å². The molecule has 118 valence electrons. The molecule has 2 rings (SSSR count). The summed E-state index contributed by atoms with van der Waals surface area (Å²) in [6, 6.07) is 7.51. The van der Waals surface area contributed by atoms with Gasteiger partial charge >= 0.3 is 0 Å². The van der Waals surface area contributed by atoms with Crippen molar-refractivity contribution in [2.75, 3.05) is 5.32 Å². The minimum absolute atomic E-state index is 0.129. The van der Waals surface area contributed by atoms with Gasteiger partial charge in [0.1, 0.15) is 4.90 Å². The fraction of sp³-hybridized carbons (Fsp3) is 0.600. The van der Waals surface area contributed by atoms with E-state index in [0.29, 0.717) is 16.6 Å². The van der Waals surface area contributed by atoms with Gasteiger partial charge in [0.2, 0.25) is 10.0 Å². The highest BCUT2D eigenvalue weighted by molar-refractivity contribution is 7.89. The Hall–Kier alpha value is -1.11. The summed E-state index contributed by atoms with van der Waals surface area (Å²) in [5, 5.41) is 3.37. The SMILES string of the molecule is CC(C)NS(=O)(=O)c1ccccc1NC1CCC(N)CC1. The molecule has 0 aliphatic heterocycles. The highest BCUT2D eigenvalue weighted by Gasteiger charge is 2.23. The first-order valence-corrected chi connectivity index (χ1v) is 9.00. The molecule has 0 radical (unpaired) electrons. The number of benzene rings is 1. The highest BCUT2D eigenvalue weighted by Crippen LogP contribution is 2.26. The molecule has 1 aromatic carbocycles. The largest absolute Gasteiger partial charge is 0.381 e. The van der Waals surface area contributed by atoms with Crippen LogP contribution in [0, 0.1) is 0 Å². The molecule has 1 aliphatic carbocycles. The maximum atomic E-state index is 12.4. The van der Waals surface area contributed by atoms with Crippen molar-refractivity contribution in [2.45, 2.75) is 62.6 Å². The number of nitrogens with one attached hydrogen (secondary N) is 2. The third-order valence-electron chi connectivity index (χ3n) is 3.70. The fourth-order valence-electron chi connectivity index (χ4n) is 2.68. The molecule has 1 aromatic rings. The maximum absolute atomic E-state index is 12.4. The second-order valence-electron chi connectivity index (χ2n) is 6.03. The summed E-state index contributed by atoms with van der Waals surface area (Å²) in [6.07, 6.45) is 3.92. The van der Waals surface area contributed by atoms with Gasteiger partial charge in [0.25, 0.3) is 0 Å². The Labute approximate surface area is 127 Å². The number of hydrogen-bond donors (Lipinski definition) is 3. The van der Waals surface area contributed by atoms with Crippen LogP contribution >= 0.6 is 0 Å². The Morgan fingerprint density at radius 3 is 2.38 bits per heavy atom. The summed E-state index contributed by atoms with van der Waals surface area (Å²) < 4.78 is 27.4. The van der Waals surface area contributed by atoms with Gasteiger partial charge in [-0.2, -0.15) is 0 Å². The summed E-state index contributed by atoms with van der Waals surface area (Å²) in [6.45, 7) is 3.63. The molecular weight excluding hydrogens is 286 g/mol. The second-order valence-corrected chi connectivity index (χ2v) is 7.71. The van der Waals surface area contributed by atoms with Crippen LogP contribution < -0.4 is 15.8 Å².